The van der Waals surface area contributed by atoms with E-state index in [1.807, 2.05) is 0 Å². The summed E-state index contributed by atoms with van der Waals surface area (Å²) in [4.78, 5) is 0. The fourth-order valence-electron chi connectivity index (χ4n) is 2.93. The minimum atomic E-state index is 0.348. The zero-order valence-electron chi connectivity index (χ0n) is 13.9. The number of rotatable bonds is 5. The first kappa shape index (κ1) is 16.2. The predicted molar refractivity (Wildman–Crippen MR) is 85.9 cm³/mol. The molecular weight excluding hydrogens is 230 g/mol. The summed E-state index contributed by atoms with van der Waals surface area (Å²) in [5, 5.41) is 0. The van der Waals surface area contributed by atoms with Crippen LogP contribution < -0.4 is 5.73 Å². The van der Waals surface area contributed by atoms with Gasteiger partial charge < -0.3 is 5.73 Å². The Hall–Kier alpha value is -0.820. The van der Waals surface area contributed by atoms with Gasteiger partial charge in [-0.05, 0) is 99.2 Å². The van der Waals surface area contributed by atoms with Crippen molar-refractivity contribution in [3.05, 3.63) is 33.4 Å². The summed E-state index contributed by atoms with van der Waals surface area (Å²) >= 11 is 0. The second-order valence-corrected chi connectivity index (χ2v) is 6.81. The number of nitrogens with two attached hydrogens (primary N) is 1. The van der Waals surface area contributed by atoms with Gasteiger partial charge >= 0.3 is 0 Å². The number of hydrogen-bond acceptors (Lipinski definition) is 1. The summed E-state index contributed by atoms with van der Waals surface area (Å²) in [5.74, 6) is 0. The molecule has 0 aliphatic carbocycles. The molecule has 0 aromatic heterocycles. The predicted octanol–water partition coefficient (Wildman–Crippen LogP) is 4.54. The van der Waals surface area contributed by atoms with E-state index in [0.717, 1.165) is 13.0 Å². The molecule has 1 aromatic rings. The third-order valence-corrected chi connectivity index (χ3v) is 5.03. The van der Waals surface area contributed by atoms with E-state index in [4.69, 9.17) is 5.73 Å². The highest BCUT2D eigenvalue weighted by Crippen LogP contribution is 2.31. The van der Waals surface area contributed by atoms with Crippen molar-refractivity contribution in [3.8, 4) is 0 Å². The van der Waals surface area contributed by atoms with E-state index < -0.39 is 0 Å². The zero-order chi connectivity index (χ0) is 14.8. The molecule has 0 unspecified atom stereocenters. The Kier molecular flexibility index (Phi) is 5.20. The fourth-order valence-corrected chi connectivity index (χ4v) is 2.93. The van der Waals surface area contributed by atoms with Crippen molar-refractivity contribution in [3.63, 3.8) is 0 Å². The van der Waals surface area contributed by atoms with Crippen LogP contribution in [0.5, 0.6) is 0 Å². The molecule has 0 atom stereocenters. The molecule has 1 rings (SSSR count). The average Bonchev–Trinajstić information content (AvgIpc) is 2.34. The van der Waals surface area contributed by atoms with Gasteiger partial charge in [0, 0.05) is 0 Å². The van der Waals surface area contributed by atoms with Crippen molar-refractivity contribution in [1.82, 2.24) is 0 Å². The van der Waals surface area contributed by atoms with Gasteiger partial charge in [0.15, 0.2) is 0 Å². The van der Waals surface area contributed by atoms with E-state index in [9.17, 15) is 0 Å². The Bertz CT molecular complexity index is 426. The minimum Gasteiger partial charge on any atom is -0.330 e. The molecule has 1 heteroatoms. The lowest BCUT2D eigenvalue weighted by Crippen LogP contribution is -2.18. The van der Waals surface area contributed by atoms with E-state index >= 15 is 0 Å². The molecule has 0 aliphatic heterocycles. The summed E-state index contributed by atoms with van der Waals surface area (Å²) in [6, 6.07) is 0. The summed E-state index contributed by atoms with van der Waals surface area (Å²) in [6.07, 6.45) is 3.50. The minimum absolute atomic E-state index is 0.348. The summed E-state index contributed by atoms with van der Waals surface area (Å²) in [6.45, 7) is 16.8. The molecule has 0 saturated heterocycles. The van der Waals surface area contributed by atoms with Gasteiger partial charge in [0.2, 0.25) is 0 Å². The van der Waals surface area contributed by atoms with Crippen molar-refractivity contribution in [1.29, 1.82) is 0 Å². The van der Waals surface area contributed by atoms with Crippen LogP contribution in [0.3, 0.4) is 0 Å². The van der Waals surface area contributed by atoms with Crippen LogP contribution in [0.2, 0.25) is 0 Å². The van der Waals surface area contributed by atoms with Crippen molar-refractivity contribution in [2.75, 3.05) is 6.54 Å². The molecule has 2 N–H and O–H groups in total. The lowest BCUT2D eigenvalue weighted by molar-refractivity contribution is 0.313. The van der Waals surface area contributed by atoms with Crippen molar-refractivity contribution in [2.45, 2.75) is 67.7 Å². The Balaban J connectivity index is 3.03. The van der Waals surface area contributed by atoms with Crippen LogP contribution in [0.25, 0.3) is 0 Å². The van der Waals surface area contributed by atoms with Gasteiger partial charge in [-0.3, -0.25) is 0 Å². The Labute approximate surface area is 119 Å². The largest absolute Gasteiger partial charge is 0.330 e. The van der Waals surface area contributed by atoms with Gasteiger partial charge in [0.1, 0.15) is 0 Å². The smallest absolute Gasteiger partial charge is 0.00722 e. The molecule has 0 spiro atoms. The Morgan fingerprint density at radius 3 is 1.58 bits per heavy atom. The topological polar surface area (TPSA) is 26.0 Å². The van der Waals surface area contributed by atoms with Gasteiger partial charge in [0.25, 0.3) is 0 Å². The van der Waals surface area contributed by atoms with Gasteiger partial charge in [-0.15, -0.1) is 0 Å². The van der Waals surface area contributed by atoms with E-state index in [2.05, 4.69) is 48.5 Å². The van der Waals surface area contributed by atoms with E-state index in [1.54, 1.807) is 5.56 Å². The third kappa shape index (κ3) is 3.60. The van der Waals surface area contributed by atoms with Crippen molar-refractivity contribution in [2.24, 2.45) is 11.1 Å². The maximum absolute atomic E-state index is 5.71. The van der Waals surface area contributed by atoms with E-state index in [1.165, 1.54) is 40.7 Å². The fraction of sp³-hybridized carbons (Fsp3) is 0.667. The molecule has 0 saturated carbocycles. The molecule has 0 amide bonds. The molecule has 0 fully saturated rings. The van der Waals surface area contributed by atoms with Crippen LogP contribution in [-0.2, 0) is 6.42 Å². The van der Waals surface area contributed by atoms with Crippen LogP contribution >= 0.6 is 0 Å². The maximum atomic E-state index is 5.71. The summed E-state index contributed by atoms with van der Waals surface area (Å²) in [7, 11) is 0. The summed E-state index contributed by atoms with van der Waals surface area (Å²) < 4.78 is 0. The second-order valence-electron chi connectivity index (χ2n) is 6.81. The van der Waals surface area contributed by atoms with Crippen LogP contribution in [0, 0.1) is 40.0 Å². The zero-order valence-corrected chi connectivity index (χ0v) is 13.9. The van der Waals surface area contributed by atoms with E-state index in [-0.39, 0.29) is 0 Å². The van der Waals surface area contributed by atoms with Crippen LogP contribution in [0.1, 0.15) is 60.1 Å². The molecule has 1 aromatic carbocycles. The van der Waals surface area contributed by atoms with Crippen LogP contribution in [0.15, 0.2) is 0 Å². The quantitative estimate of drug-likeness (QED) is 0.827. The monoisotopic (exact) mass is 261 g/mol. The first-order chi connectivity index (χ1) is 8.71. The molecule has 0 bridgehead atoms. The highest BCUT2D eigenvalue weighted by molar-refractivity contribution is 5.49. The lowest BCUT2D eigenvalue weighted by atomic mass is 9.80. The van der Waals surface area contributed by atoms with Crippen LogP contribution in [0.4, 0.5) is 0 Å². The molecule has 19 heavy (non-hydrogen) atoms. The number of benzene rings is 1. The third-order valence-electron chi connectivity index (χ3n) is 5.03. The summed E-state index contributed by atoms with van der Waals surface area (Å²) in [5.41, 5.74) is 15.0. The Morgan fingerprint density at radius 1 is 0.737 bits per heavy atom. The molecule has 0 heterocycles. The standard InChI is InChI=1S/C18H31N/c1-12-13(2)15(4)17(16(5)14(12)3)8-9-18(6,7)10-11-19/h8-11,19H2,1-7H3. The van der Waals surface area contributed by atoms with Gasteiger partial charge in [-0.1, -0.05) is 13.8 Å². The maximum Gasteiger partial charge on any atom is -0.00722 e. The first-order valence-corrected chi connectivity index (χ1v) is 7.47. The molecular formula is C18H31N. The van der Waals surface area contributed by atoms with Crippen LogP contribution in [-0.4, -0.2) is 6.54 Å². The van der Waals surface area contributed by atoms with Crippen molar-refractivity contribution >= 4 is 0 Å². The number of hydrogen-bond donors (Lipinski definition) is 1. The first-order valence-electron chi connectivity index (χ1n) is 7.47. The molecule has 1 nitrogen and oxygen atoms in total. The highest BCUT2D eigenvalue weighted by Gasteiger charge is 2.19. The molecule has 0 radical (unpaired) electrons. The SMILES string of the molecule is Cc1c(C)c(C)c(CCC(C)(C)CCN)c(C)c1C. The molecule has 0 aliphatic rings. The van der Waals surface area contributed by atoms with Crippen molar-refractivity contribution < 1.29 is 0 Å². The van der Waals surface area contributed by atoms with Gasteiger partial charge in [0.05, 0.1) is 0 Å². The highest BCUT2D eigenvalue weighted by atomic mass is 14.5. The Morgan fingerprint density at radius 2 is 1.16 bits per heavy atom. The second kappa shape index (κ2) is 6.09. The van der Waals surface area contributed by atoms with Gasteiger partial charge in [-0.25, -0.2) is 0 Å². The average molecular weight is 261 g/mol. The van der Waals surface area contributed by atoms with Gasteiger partial charge in [-0.2, -0.15) is 0 Å². The normalized spacial score (nSPS) is 12.0. The van der Waals surface area contributed by atoms with E-state index in [0.29, 0.717) is 5.41 Å². The lowest BCUT2D eigenvalue weighted by Gasteiger charge is -2.26. The molecule has 108 valence electrons.